The molecule has 0 saturated carbocycles. The normalized spacial score (nSPS) is 16.8. The second-order valence-corrected chi connectivity index (χ2v) is 11.1. The van der Waals surface area contributed by atoms with E-state index in [1.807, 2.05) is 41.9 Å². The Labute approximate surface area is 222 Å². The third-order valence-corrected chi connectivity index (χ3v) is 7.07. The largest absolute Gasteiger partial charge is 0.497 e. The number of pyridine rings is 1. The van der Waals surface area contributed by atoms with Crippen LogP contribution in [0.5, 0.6) is 5.75 Å². The van der Waals surface area contributed by atoms with E-state index in [2.05, 4.69) is 64.4 Å². The van der Waals surface area contributed by atoms with Gasteiger partial charge in [0.1, 0.15) is 11.8 Å². The minimum absolute atomic E-state index is 0.0666. The van der Waals surface area contributed by atoms with Crippen molar-refractivity contribution in [2.75, 3.05) is 20.3 Å². The van der Waals surface area contributed by atoms with Crippen molar-refractivity contribution in [2.24, 2.45) is 0 Å². The molecule has 2 aromatic carbocycles. The Balaban J connectivity index is 1.67. The fourth-order valence-corrected chi connectivity index (χ4v) is 5.15. The molecule has 3 heterocycles. The van der Waals surface area contributed by atoms with Crippen LogP contribution in [0.1, 0.15) is 62.2 Å². The van der Waals surface area contributed by atoms with Gasteiger partial charge in [-0.15, -0.1) is 5.10 Å². The van der Waals surface area contributed by atoms with E-state index in [9.17, 15) is 4.79 Å². The van der Waals surface area contributed by atoms with E-state index >= 15 is 0 Å². The Morgan fingerprint density at radius 2 is 1.97 bits per heavy atom. The van der Waals surface area contributed by atoms with Crippen LogP contribution >= 0.6 is 0 Å². The van der Waals surface area contributed by atoms with E-state index in [0.717, 1.165) is 47.2 Å². The SMILES string of the molecule is COc1ccc(CN(C[C@H]2CCCO2)[C@@H](c2cc3ccc(C)cc3[nH]c2=O)c2nnnn2C(C)(C)C)cc1. The van der Waals surface area contributed by atoms with Crippen LogP contribution in [0.15, 0.2) is 53.3 Å². The summed E-state index contributed by atoms with van der Waals surface area (Å²) in [6, 6.07) is 15.6. The Bertz CT molecular complexity index is 1450. The number of H-pyrrole nitrogens is 1. The van der Waals surface area contributed by atoms with Gasteiger partial charge in [-0.25, -0.2) is 4.68 Å². The Hall–Kier alpha value is -3.56. The monoisotopic (exact) mass is 516 g/mol. The van der Waals surface area contributed by atoms with Crippen LogP contribution in [0.3, 0.4) is 0 Å². The predicted molar refractivity (Wildman–Crippen MR) is 146 cm³/mol. The quantitative estimate of drug-likeness (QED) is 0.372. The lowest BCUT2D eigenvalue weighted by atomic mass is 10.00. The van der Waals surface area contributed by atoms with E-state index in [1.54, 1.807) is 7.11 Å². The lowest BCUT2D eigenvalue weighted by Gasteiger charge is -2.34. The number of nitrogens with one attached hydrogen (secondary N) is 1. The number of aromatic amines is 1. The van der Waals surface area contributed by atoms with Gasteiger partial charge in [-0.05, 0) is 91.7 Å². The van der Waals surface area contributed by atoms with Crippen LogP contribution in [-0.2, 0) is 16.8 Å². The highest BCUT2D eigenvalue weighted by Gasteiger charge is 2.35. The first-order chi connectivity index (χ1) is 18.2. The molecule has 1 aliphatic rings. The number of hydrogen-bond donors (Lipinski definition) is 1. The summed E-state index contributed by atoms with van der Waals surface area (Å²) < 4.78 is 13.3. The molecule has 5 rings (SSSR count). The summed E-state index contributed by atoms with van der Waals surface area (Å²) in [6.07, 6.45) is 2.07. The molecular weight excluding hydrogens is 480 g/mol. The zero-order chi connectivity index (χ0) is 26.9. The highest BCUT2D eigenvalue weighted by molar-refractivity contribution is 5.79. The second kappa shape index (κ2) is 10.7. The summed E-state index contributed by atoms with van der Waals surface area (Å²) in [5, 5.41) is 13.9. The number of fused-ring (bicyclic) bond motifs is 1. The molecule has 9 nitrogen and oxygen atoms in total. The number of benzene rings is 2. The zero-order valence-electron chi connectivity index (χ0n) is 22.8. The van der Waals surface area contributed by atoms with E-state index in [4.69, 9.17) is 9.47 Å². The summed E-state index contributed by atoms with van der Waals surface area (Å²) in [5.41, 5.74) is 3.07. The zero-order valence-corrected chi connectivity index (χ0v) is 22.8. The second-order valence-electron chi connectivity index (χ2n) is 11.1. The lowest BCUT2D eigenvalue weighted by molar-refractivity contribution is 0.0564. The maximum Gasteiger partial charge on any atom is 0.253 e. The van der Waals surface area contributed by atoms with Crippen molar-refractivity contribution in [3.63, 3.8) is 0 Å². The molecule has 2 atom stereocenters. The van der Waals surface area contributed by atoms with Crippen LogP contribution in [0.2, 0.25) is 0 Å². The molecule has 0 unspecified atom stereocenters. The molecule has 0 spiro atoms. The molecule has 38 heavy (non-hydrogen) atoms. The molecular formula is C29H36N6O3. The van der Waals surface area contributed by atoms with Gasteiger partial charge in [0.2, 0.25) is 0 Å². The highest BCUT2D eigenvalue weighted by atomic mass is 16.5. The first-order valence-electron chi connectivity index (χ1n) is 13.1. The van der Waals surface area contributed by atoms with Crippen molar-refractivity contribution in [1.29, 1.82) is 0 Å². The number of hydrogen-bond acceptors (Lipinski definition) is 7. The van der Waals surface area contributed by atoms with E-state index in [1.165, 1.54) is 0 Å². The van der Waals surface area contributed by atoms with Gasteiger partial charge in [0.25, 0.3) is 5.56 Å². The fraction of sp³-hybridized carbons (Fsp3) is 0.448. The Morgan fingerprint density at radius 1 is 1.18 bits per heavy atom. The van der Waals surface area contributed by atoms with Gasteiger partial charge in [-0.3, -0.25) is 9.69 Å². The molecule has 1 fully saturated rings. The smallest absolute Gasteiger partial charge is 0.253 e. The molecule has 0 radical (unpaired) electrons. The molecule has 0 amide bonds. The molecule has 1 saturated heterocycles. The van der Waals surface area contributed by atoms with E-state index in [-0.39, 0.29) is 17.2 Å². The number of nitrogens with zero attached hydrogens (tertiary/aromatic N) is 5. The van der Waals surface area contributed by atoms with E-state index < -0.39 is 6.04 Å². The van der Waals surface area contributed by atoms with Gasteiger partial charge in [0.05, 0.1) is 18.8 Å². The number of aryl methyl sites for hydroxylation is 1. The van der Waals surface area contributed by atoms with Crippen molar-refractivity contribution in [3.8, 4) is 5.75 Å². The molecule has 0 bridgehead atoms. The maximum absolute atomic E-state index is 13.7. The molecule has 1 N–H and O–H groups in total. The van der Waals surface area contributed by atoms with Gasteiger partial charge in [-0.1, -0.05) is 24.3 Å². The number of tetrazole rings is 1. The lowest BCUT2D eigenvalue weighted by Crippen LogP contribution is -2.40. The van der Waals surface area contributed by atoms with Gasteiger partial charge >= 0.3 is 0 Å². The molecule has 0 aliphatic carbocycles. The van der Waals surface area contributed by atoms with Gasteiger partial charge < -0.3 is 14.5 Å². The summed E-state index contributed by atoms with van der Waals surface area (Å²) in [4.78, 5) is 19.1. The summed E-state index contributed by atoms with van der Waals surface area (Å²) in [5.74, 6) is 1.43. The fourth-order valence-electron chi connectivity index (χ4n) is 5.15. The minimum Gasteiger partial charge on any atom is -0.497 e. The number of methoxy groups -OCH3 is 1. The number of rotatable bonds is 8. The van der Waals surface area contributed by atoms with E-state index in [0.29, 0.717) is 24.5 Å². The average Bonchev–Trinajstić information content (AvgIpc) is 3.57. The number of ether oxygens (including phenoxy) is 2. The Morgan fingerprint density at radius 3 is 2.66 bits per heavy atom. The third-order valence-electron chi connectivity index (χ3n) is 7.07. The summed E-state index contributed by atoms with van der Waals surface area (Å²) >= 11 is 0. The molecule has 2 aromatic heterocycles. The van der Waals surface area contributed by atoms with Crippen LogP contribution in [-0.4, -0.2) is 56.5 Å². The molecule has 1 aliphatic heterocycles. The van der Waals surface area contributed by atoms with Crippen LogP contribution in [0.4, 0.5) is 0 Å². The standard InChI is InChI=1S/C29H36N6O3/c1-19-8-11-21-16-24(28(36)30-25(21)15-19)26(27-31-32-33-35(27)29(2,3)4)34(18-23-7-6-14-38-23)17-20-9-12-22(37-5)13-10-20/h8-13,15-16,23,26H,6-7,14,17-18H2,1-5H3,(H,30,36)/t23-,26+/m1/s1. The van der Waals surface area contributed by atoms with Crippen molar-refractivity contribution in [3.05, 3.63) is 81.4 Å². The van der Waals surface area contributed by atoms with Crippen molar-refractivity contribution < 1.29 is 9.47 Å². The van der Waals surface area contributed by atoms with Gasteiger partial charge in [-0.2, -0.15) is 0 Å². The summed E-state index contributed by atoms with van der Waals surface area (Å²) in [7, 11) is 1.66. The molecule has 9 heteroatoms. The topological polar surface area (TPSA) is 98.2 Å². The van der Waals surface area contributed by atoms with Crippen LogP contribution < -0.4 is 10.3 Å². The predicted octanol–water partition coefficient (Wildman–Crippen LogP) is 4.36. The Kier molecular flexibility index (Phi) is 7.32. The molecule has 4 aromatic rings. The molecule has 200 valence electrons. The van der Waals surface area contributed by atoms with Crippen molar-refractivity contribution in [2.45, 2.75) is 64.8 Å². The number of aromatic nitrogens is 5. The van der Waals surface area contributed by atoms with Crippen LogP contribution in [0, 0.1) is 6.92 Å². The first kappa shape index (κ1) is 26.1. The van der Waals surface area contributed by atoms with Crippen molar-refractivity contribution in [1.82, 2.24) is 30.1 Å². The van der Waals surface area contributed by atoms with Gasteiger partial charge in [0, 0.05) is 30.8 Å². The third kappa shape index (κ3) is 5.49. The maximum atomic E-state index is 13.7. The van der Waals surface area contributed by atoms with Gasteiger partial charge in [0.15, 0.2) is 5.82 Å². The van der Waals surface area contributed by atoms with Crippen molar-refractivity contribution >= 4 is 10.9 Å². The minimum atomic E-state index is -0.495. The van der Waals surface area contributed by atoms with Crippen LogP contribution in [0.25, 0.3) is 10.9 Å². The summed E-state index contributed by atoms with van der Waals surface area (Å²) in [6.45, 7) is 10.2. The average molecular weight is 517 g/mol. The highest BCUT2D eigenvalue weighted by Crippen LogP contribution is 2.32. The first-order valence-corrected chi connectivity index (χ1v) is 13.1.